The maximum absolute atomic E-state index is 12.9. The van der Waals surface area contributed by atoms with E-state index in [2.05, 4.69) is 19.2 Å². The average Bonchev–Trinajstić information content (AvgIpc) is 3.25. The molecule has 0 radical (unpaired) electrons. The first-order chi connectivity index (χ1) is 13.3. The number of aromatic nitrogens is 1. The standard InChI is InChI=1S/C21H27N3O3S/c1-4-12-15-13(8-21(2,3)9-14(15)25)24-20-16(12)17(22)18(28-20)19(26)23-10-11-6-5-7-27-11/h11H,4-10,22H2,1-3H3,(H,23,26)/t11-/m1/s1. The number of thiophene rings is 1. The molecule has 2 aromatic heterocycles. The van der Waals surface area contributed by atoms with E-state index in [1.807, 2.05) is 6.92 Å². The van der Waals surface area contributed by atoms with E-state index in [4.69, 9.17) is 15.5 Å². The summed E-state index contributed by atoms with van der Waals surface area (Å²) < 4.78 is 5.57. The molecule has 7 heteroatoms. The van der Waals surface area contributed by atoms with Gasteiger partial charge in [-0.05, 0) is 36.7 Å². The highest BCUT2D eigenvalue weighted by Gasteiger charge is 2.35. The number of nitrogens with two attached hydrogens (primary N) is 1. The number of nitrogen functional groups attached to an aromatic ring is 1. The minimum absolute atomic E-state index is 0.0797. The van der Waals surface area contributed by atoms with E-state index in [1.54, 1.807) is 0 Å². The van der Waals surface area contributed by atoms with E-state index in [-0.39, 0.29) is 23.2 Å². The molecule has 0 bridgehead atoms. The van der Waals surface area contributed by atoms with Crippen LogP contribution in [0.3, 0.4) is 0 Å². The summed E-state index contributed by atoms with van der Waals surface area (Å²) in [5.74, 6) is -0.0600. The Morgan fingerprint density at radius 2 is 2.18 bits per heavy atom. The van der Waals surface area contributed by atoms with Gasteiger partial charge in [-0.15, -0.1) is 11.3 Å². The van der Waals surface area contributed by atoms with Gasteiger partial charge < -0.3 is 15.8 Å². The number of carbonyl (C=O) groups is 2. The average molecular weight is 402 g/mol. The second-order valence-electron chi connectivity index (χ2n) is 8.58. The van der Waals surface area contributed by atoms with E-state index < -0.39 is 0 Å². The van der Waals surface area contributed by atoms with Crippen LogP contribution in [0, 0.1) is 5.41 Å². The molecule has 2 aromatic rings. The lowest BCUT2D eigenvalue weighted by Crippen LogP contribution is -2.31. The molecular formula is C21H27N3O3S. The minimum atomic E-state index is -0.192. The number of amides is 1. The molecule has 0 unspecified atom stereocenters. The number of fused-ring (bicyclic) bond motifs is 2. The number of carbonyl (C=O) groups excluding carboxylic acids is 2. The number of ether oxygens (including phenoxy) is 1. The van der Waals surface area contributed by atoms with Crippen molar-refractivity contribution in [2.24, 2.45) is 5.41 Å². The summed E-state index contributed by atoms with van der Waals surface area (Å²) in [6, 6.07) is 0. The Labute approximate surface area is 168 Å². The van der Waals surface area contributed by atoms with E-state index in [0.29, 0.717) is 30.0 Å². The highest BCUT2D eigenvalue weighted by Crippen LogP contribution is 2.42. The topological polar surface area (TPSA) is 94.3 Å². The van der Waals surface area contributed by atoms with Crippen molar-refractivity contribution < 1.29 is 14.3 Å². The van der Waals surface area contributed by atoms with Crippen LogP contribution in [0.2, 0.25) is 0 Å². The zero-order chi connectivity index (χ0) is 20.1. The number of pyridine rings is 1. The quantitative estimate of drug-likeness (QED) is 0.818. The number of nitrogens with zero attached hydrogens (tertiary/aromatic N) is 1. The molecule has 1 aliphatic carbocycles. The maximum Gasteiger partial charge on any atom is 0.263 e. The van der Waals surface area contributed by atoms with Crippen molar-refractivity contribution in [2.45, 2.75) is 59.0 Å². The second kappa shape index (κ2) is 7.12. The lowest BCUT2D eigenvalue weighted by Gasteiger charge is -2.30. The molecule has 1 saturated heterocycles. The largest absolute Gasteiger partial charge is 0.397 e. The van der Waals surface area contributed by atoms with Gasteiger partial charge in [0, 0.05) is 30.5 Å². The fourth-order valence-corrected chi connectivity index (χ4v) is 5.45. The number of hydrogen-bond acceptors (Lipinski definition) is 6. The van der Waals surface area contributed by atoms with E-state index in [9.17, 15) is 9.59 Å². The monoisotopic (exact) mass is 401 g/mol. The van der Waals surface area contributed by atoms with Crippen LogP contribution in [0.25, 0.3) is 10.2 Å². The van der Waals surface area contributed by atoms with Crippen molar-refractivity contribution in [2.75, 3.05) is 18.9 Å². The molecule has 4 rings (SSSR count). The van der Waals surface area contributed by atoms with Gasteiger partial charge in [-0.2, -0.15) is 0 Å². The number of rotatable bonds is 4. The summed E-state index contributed by atoms with van der Waals surface area (Å²) in [5.41, 5.74) is 9.25. The number of Topliss-reactive ketones (excluding diaryl/α,β-unsaturated/α-hetero) is 1. The number of hydrogen-bond donors (Lipinski definition) is 2. The summed E-state index contributed by atoms with van der Waals surface area (Å²) in [4.78, 5) is 31.6. The molecular weight excluding hydrogens is 374 g/mol. The van der Waals surface area contributed by atoms with Gasteiger partial charge >= 0.3 is 0 Å². The second-order valence-corrected chi connectivity index (χ2v) is 9.58. The van der Waals surface area contributed by atoms with Gasteiger partial charge in [0.1, 0.15) is 9.71 Å². The highest BCUT2D eigenvalue weighted by molar-refractivity contribution is 7.21. The highest BCUT2D eigenvalue weighted by atomic mass is 32.1. The zero-order valence-corrected chi connectivity index (χ0v) is 17.5. The maximum atomic E-state index is 12.9. The Hall–Kier alpha value is -1.99. The molecule has 1 fully saturated rings. The van der Waals surface area contributed by atoms with Crippen LogP contribution >= 0.6 is 11.3 Å². The van der Waals surface area contributed by atoms with Crippen LogP contribution < -0.4 is 11.1 Å². The predicted molar refractivity (Wildman–Crippen MR) is 111 cm³/mol. The fourth-order valence-electron chi connectivity index (χ4n) is 4.39. The molecule has 6 nitrogen and oxygen atoms in total. The third-order valence-electron chi connectivity index (χ3n) is 5.69. The smallest absolute Gasteiger partial charge is 0.263 e. The van der Waals surface area contributed by atoms with E-state index >= 15 is 0 Å². The van der Waals surface area contributed by atoms with Crippen LogP contribution in [-0.2, 0) is 17.6 Å². The van der Waals surface area contributed by atoms with Crippen molar-refractivity contribution in [3.63, 3.8) is 0 Å². The van der Waals surface area contributed by atoms with Gasteiger partial charge in [0.15, 0.2) is 5.78 Å². The first-order valence-electron chi connectivity index (χ1n) is 9.97. The molecule has 0 aromatic carbocycles. The molecule has 0 spiro atoms. The summed E-state index contributed by atoms with van der Waals surface area (Å²) >= 11 is 1.32. The minimum Gasteiger partial charge on any atom is -0.397 e. The van der Waals surface area contributed by atoms with Crippen molar-refractivity contribution in [3.05, 3.63) is 21.7 Å². The zero-order valence-electron chi connectivity index (χ0n) is 16.7. The summed E-state index contributed by atoms with van der Waals surface area (Å²) in [6.45, 7) is 7.46. The predicted octanol–water partition coefficient (Wildman–Crippen LogP) is 3.50. The Balaban J connectivity index is 1.74. The third-order valence-corrected chi connectivity index (χ3v) is 6.79. The van der Waals surface area contributed by atoms with Crippen LogP contribution in [0.5, 0.6) is 0 Å². The molecule has 150 valence electrons. The van der Waals surface area contributed by atoms with E-state index in [0.717, 1.165) is 52.9 Å². The molecule has 3 heterocycles. The molecule has 1 amide bonds. The van der Waals surface area contributed by atoms with Crippen LogP contribution in [0.1, 0.15) is 71.3 Å². The fraction of sp³-hybridized carbons (Fsp3) is 0.571. The molecule has 3 N–H and O–H groups in total. The van der Waals surface area contributed by atoms with Crippen molar-refractivity contribution in [1.29, 1.82) is 0 Å². The first kappa shape index (κ1) is 19.3. The van der Waals surface area contributed by atoms with Crippen molar-refractivity contribution >= 4 is 38.9 Å². The Kier molecular flexibility index (Phi) is 4.91. The van der Waals surface area contributed by atoms with Crippen LogP contribution in [0.4, 0.5) is 5.69 Å². The molecule has 0 saturated carbocycles. The Morgan fingerprint density at radius 3 is 2.86 bits per heavy atom. The van der Waals surface area contributed by atoms with Gasteiger partial charge in [0.25, 0.3) is 5.91 Å². The number of nitrogens with one attached hydrogen (secondary N) is 1. The SMILES string of the molecule is CCc1c2c(nc3sc(C(=O)NC[C@H]4CCCO4)c(N)c13)CC(C)(C)CC2=O. The van der Waals surface area contributed by atoms with Crippen LogP contribution in [0.15, 0.2) is 0 Å². The van der Waals surface area contributed by atoms with Crippen LogP contribution in [-0.4, -0.2) is 35.9 Å². The molecule has 1 aliphatic heterocycles. The number of anilines is 1. The summed E-state index contributed by atoms with van der Waals surface area (Å²) in [5, 5.41) is 3.72. The van der Waals surface area contributed by atoms with Gasteiger partial charge in [0.2, 0.25) is 0 Å². The first-order valence-corrected chi connectivity index (χ1v) is 10.8. The van der Waals surface area contributed by atoms with Crippen molar-refractivity contribution in [1.82, 2.24) is 10.3 Å². The number of ketones is 1. The molecule has 1 atom stereocenters. The normalized spacial score (nSPS) is 21.1. The number of aryl methyl sites for hydroxylation is 1. The van der Waals surface area contributed by atoms with Gasteiger partial charge in [-0.3, -0.25) is 9.59 Å². The summed E-state index contributed by atoms with van der Waals surface area (Å²) in [7, 11) is 0. The summed E-state index contributed by atoms with van der Waals surface area (Å²) in [6.07, 6.45) is 4.04. The molecule has 28 heavy (non-hydrogen) atoms. The van der Waals surface area contributed by atoms with Gasteiger partial charge in [-0.25, -0.2) is 4.98 Å². The Morgan fingerprint density at radius 1 is 1.39 bits per heavy atom. The third kappa shape index (κ3) is 3.31. The lowest BCUT2D eigenvalue weighted by molar-refractivity contribution is 0.0861. The molecule has 2 aliphatic rings. The van der Waals surface area contributed by atoms with Crippen molar-refractivity contribution in [3.8, 4) is 0 Å². The van der Waals surface area contributed by atoms with E-state index in [1.165, 1.54) is 11.3 Å². The van der Waals surface area contributed by atoms with Gasteiger partial charge in [-0.1, -0.05) is 20.8 Å². The van der Waals surface area contributed by atoms with Gasteiger partial charge in [0.05, 0.1) is 17.5 Å². The lowest BCUT2D eigenvalue weighted by atomic mass is 9.74. The Bertz CT molecular complexity index is 958.